The monoisotopic (exact) mass is 374 g/mol. The minimum atomic E-state index is -0.734. The Morgan fingerprint density at radius 3 is 2.58 bits per heavy atom. The molecule has 1 unspecified atom stereocenters. The lowest BCUT2D eigenvalue weighted by Crippen LogP contribution is -2.47. The molecule has 1 heterocycles. The van der Waals surface area contributed by atoms with Crippen LogP contribution in [0.4, 0.5) is 11.4 Å². The number of rotatable bonds is 5. The van der Waals surface area contributed by atoms with E-state index < -0.39 is 16.9 Å². The zero-order chi connectivity index (χ0) is 18.8. The van der Waals surface area contributed by atoms with Crippen molar-refractivity contribution in [3.63, 3.8) is 0 Å². The highest BCUT2D eigenvalue weighted by atomic mass is 35.5. The SMILES string of the molecule is CCC1Oc2ccc([N+](=O)[O-])cc2N(CC(=O)c2ccc(Cl)cc2)C1=O. The Bertz CT molecular complexity index is 882. The van der Waals surface area contributed by atoms with Gasteiger partial charge in [0.2, 0.25) is 0 Å². The summed E-state index contributed by atoms with van der Waals surface area (Å²) in [5.74, 6) is -0.363. The van der Waals surface area contributed by atoms with E-state index in [0.29, 0.717) is 22.8 Å². The van der Waals surface area contributed by atoms with Gasteiger partial charge in [-0.15, -0.1) is 0 Å². The molecule has 0 aliphatic carbocycles. The van der Waals surface area contributed by atoms with Gasteiger partial charge in [0, 0.05) is 22.7 Å². The molecule has 0 N–H and O–H groups in total. The molecule has 0 radical (unpaired) electrons. The molecule has 2 aromatic carbocycles. The largest absolute Gasteiger partial charge is 0.478 e. The van der Waals surface area contributed by atoms with Gasteiger partial charge in [0.05, 0.1) is 17.2 Å². The molecule has 2 aromatic rings. The third-order valence-corrected chi connectivity index (χ3v) is 4.35. The quantitative estimate of drug-likeness (QED) is 0.453. The number of fused-ring (bicyclic) bond motifs is 1. The van der Waals surface area contributed by atoms with E-state index in [0.717, 1.165) is 0 Å². The van der Waals surface area contributed by atoms with E-state index in [4.69, 9.17) is 16.3 Å². The molecule has 0 aromatic heterocycles. The number of nitro benzene ring substituents is 1. The molecular weight excluding hydrogens is 360 g/mol. The maximum Gasteiger partial charge on any atom is 0.271 e. The van der Waals surface area contributed by atoms with Crippen molar-refractivity contribution in [3.8, 4) is 5.75 Å². The van der Waals surface area contributed by atoms with Gasteiger partial charge in [-0.25, -0.2) is 0 Å². The molecule has 0 fully saturated rings. The fourth-order valence-electron chi connectivity index (χ4n) is 2.72. The van der Waals surface area contributed by atoms with Crippen molar-refractivity contribution in [3.05, 3.63) is 63.2 Å². The van der Waals surface area contributed by atoms with Gasteiger partial charge in [-0.05, 0) is 36.8 Å². The van der Waals surface area contributed by atoms with Crippen molar-refractivity contribution in [2.45, 2.75) is 19.4 Å². The Morgan fingerprint density at radius 2 is 1.96 bits per heavy atom. The summed E-state index contributed by atoms with van der Waals surface area (Å²) in [6.07, 6.45) is -0.317. The number of ether oxygens (including phenoxy) is 1. The third kappa shape index (κ3) is 3.39. The average molecular weight is 375 g/mol. The maximum absolute atomic E-state index is 12.7. The van der Waals surface area contributed by atoms with Crippen molar-refractivity contribution in [1.29, 1.82) is 0 Å². The maximum atomic E-state index is 12.7. The second-order valence-corrected chi connectivity index (χ2v) is 6.21. The lowest BCUT2D eigenvalue weighted by Gasteiger charge is -2.33. The summed E-state index contributed by atoms with van der Waals surface area (Å²) < 4.78 is 5.62. The van der Waals surface area contributed by atoms with Crippen LogP contribution in [0.2, 0.25) is 5.02 Å². The highest BCUT2D eigenvalue weighted by Gasteiger charge is 2.35. The first-order chi connectivity index (χ1) is 12.4. The van der Waals surface area contributed by atoms with E-state index in [1.807, 2.05) is 0 Å². The number of ketones is 1. The van der Waals surface area contributed by atoms with Gasteiger partial charge in [0.25, 0.3) is 11.6 Å². The molecule has 1 amide bonds. The van der Waals surface area contributed by atoms with Crippen LogP contribution in [0.5, 0.6) is 5.75 Å². The van der Waals surface area contributed by atoms with Crippen LogP contribution in [-0.4, -0.2) is 29.3 Å². The van der Waals surface area contributed by atoms with Crippen molar-refractivity contribution in [2.75, 3.05) is 11.4 Å². The number of anilines is 1. The summed E-state index contributed by atoms with van der Waals surface area (Å²) in [6, 6.07) is 10.3. The van der Waals surface area contributed by atoms with Gasteiger partial charge >= 0.3 is 0 Å². The van der Waals surface area contributed by atoms with Crippen LogP contribution in [0.1, 0.15) is 23.7 Å². The van der Waals surface area contributed by atoms with E-state index in [-0.39, 0.29) is 23.7 Å². The Kier molecular flexibility index (Phi) is 4.90. The highest BCUT2D eigenvalue weighted by molar-refractivity contribution is 6.30. The summed E-state index contributed by atoms with van der Waals surface area (Å²) in [4.78, 5) is 37.0. The number of benzene rings is 2. The first kappa shape index (κ1) is 17.9. The van der Waals surface area contributed by atoms with Gasteiger partial charge in [-0.1, -0.05) is 18.5 Å². The number of hydrogen-bond donors (Lipinski definition) is 0. The molecule has 0 spiro atoms. The molecular formula is C18H15ClN2O5. The van der Waals surface area contributed by atoms with E-state index in [1.54, 1.807) is 31.2 Å². The standard InChI is InChI=1S/C18H15ClN2O5/c1-2-16-18(23)20(10-15(22)11-3-5-12(19)6-4-11)14-9-13(21(24)25)7-8-17(14)26-16/h3-9,16H,2,10H2,1H3. The second kappa shape index (κ2) is 7.13. The van der Waals surface area contributed by atoms with Gasteiger partial charge < -0.3 is 4.74 Å². The number of amides is 1. The van der Waals surface area contributed by atoms with Crippen LogP contribution in [0.15, 0.2) is 42.5 Å². The number of Topliss-reactive ketones (excluding diaryl/α,β-unsaturated/α-hetero) is 1. The van der Waals surface area contributed by atoms with E-state index in [2.05, 4.69) is 0 Å². The Labute approximate surface area is 154 Å². The minimum absolute atomic E-state index is 0.181. The van der Waals surface area contributed by atoms with Gasteiger partial charge in [-0.2, -0.15) is 0 Å². The number of halogens is 1. The molecule has 0 saturated heterocycles. The lowest BCUT2D eigenvalue weighted by atomic mass is 10.1. The lowest BCUT2D eigenvalue weighted by molar-refractivity contribution is -0.384. The average Bonchev–Trinajstić information content (AvgIpc) is 2.63. The number of hydrogen-bond acceptors (Lipinski definition) is 5. The van der Waals surface area contributed by atoms with Crippen LogP contribution in [-0.2, 0) is 4.79 Å². The van der Waals surface area contributed by atoms with E-state index in [1.165, 1.54) is 23.1 Å². The molecule has 8 heteroatoms. The topological polar surface area (TPSA) is 89.8 Å². The number of carbonyl (C=O) groups excluding carboxylic acids is 2. The van der Waals surface area contributed by atoms with Crippen molar-refractivity contribution in [1.82, 2.24) is 0 Å². The zero-order valence-electron chi connectivity index (χ0n) is 13.8. The number of nitro groups is 1. The summed E-state index contributed by atoms with van der Waals surface area (Å²) in [7, 11) is 0. The number of carbonyl (C=O) groups is 2. The number of nitrogens with zero attached hydrogens (tertiary/aromatic N) is 2. The van der Waals surface area contributed by atoms with Crippen LogP contribution in [0.25, 0.3) is 0 Å². The number of non-ortho nitro benzene ring substituents is 1. The van der Waals surface area contributed by atoms with Crippen molar-refractivity contribution >= 4 is 34.7 Å². The summed E-state index contributed by atoms with van der Waals surface area (Å²) in [6.45, 7) is 1.55. The van der Waals surface area contributed by atoms with Crippen LogP contribution in [0.3, 0.4) is 0 Å². The van der Waals surface area contributed by atoms with Gasteiger partial charge in [0.1, 0.15) is 5.75 Å². The molecule has 1 atom stereocenters. The van der Waals surface area contributed by atoms with Gasteiger partial charge in [-0.3, -0.25) is 24.6 Å². The summed E-state index contributed by atoms with van der Waals surface area (Å²) >= 11 is 5.83. The van der Waals surface area contributed by atoms with E-state index >= 15 is 0 Å². The predicted molar refractivity (Wildman–Crippen MR) is 95.9 cm³/mol. The second-order valence-electron chi connectivity index (χ2n) is 5.78. The fraction of sp³-hybridized carbons (Fsp3) is 0.222. The van der Waals surface area contributed by atoms with Crippen LogP contribution < -0.4 is 9.64 Å². The minimum Gasteiger partial charge on any atom is -0.478 e. The molecule has 26 heavy (non-hydrogen) atoms. The Morgan fingerprint density at radius 1 is 1.27 bits per heavy atom. The summed E-state index contributed by atoms with van der Waals surface area (Å²) in [5, 5.41) is 11.5. The van der Waals surface area contributed by atoms with E-state index in [9.17, 15) is 19.7 Å². The van der Waals surface area contributed by atoms with Crippen LogP contribution in [0, 0.1) is 10.1 Å². The normalized spacial score (nSPS) is 16.0. The molecule has 1 aliphatic rings. The highest BCUT2D eigenvalue weighted by Crippen LogP contribution is 2.37. The first-order valence-electron chi connectivity index (χ1n) is 7.96. The predicted octanol–water partition coefficient (Wildman–Crippen LogP) is 3.64. The first-order valence-corrected chi connectivity index (χ1v) is 8.33. The molecule has 7 nitrogen and oxygen atoms in total. The fourth-order valence-corrected chi connectivity index (χ4v) is 2.84. The van der Waals surface area contributed by atoms with Gasteiger partial charge in [0.15, 0.2) is 11.9 Å². The molecule has 0 bridgehead atoms. The molecule has 3 rings (SSSR count). The Balaban J connectivity index is 1.97. The van der Waals surface area contributed by atoms with Crippen LogP contribution >= 0.6 is 11.6 Å². The third-order valence-electron chi connectivity index (χ3n) is 4.09. The molecule has 134 valence electrons. The molecule has 1 aliphatic heterocycles. The van der Waals surface area contributed by atoms with Crippen molar-refractivity contribution < 1.29 is 19.2 Å². The van der Waals surface area contributed by atoms with Crippen molar-refractivity contribution in [2.24, 2.45) is 0 Å². The Hall–Kier alpha value is -2.93. The summed E-state index contributed by atoms with van der Waals surface area (Å²) in [5.41, 5.74) is 0.434. The molecule has 0 saturated carbocycles. The zero-order valence-corrected chi connectivity index (χ0v) is 14.6. The smallest absolute Gasteiger partial charge is 0.271 e.